The SMILES string of the molecule is Cc1n[nH]c(C)c1NC(=O)Nc1cc(Cl)ccc1N1CCOCC1. The van der Waals surface area contributed by atoms with Crippen LogP contribution >= 0.6 is 11.6 Å². The van der Waals surface area contributed by atoms with E-state index in [9.17, 15) is 4.79 Å². The topological polar surface area (TPSA) is 82.3 Å². The van der Waals surface area contributed by atoms with Crippen molar-refractivity contribution in [1.82, 2.24) is 10.2 Å². The number of carbonyl (C=O) groups is 1. The maximum Gasteiger partial charge on any atom is 0.323 e. The van der Waals surface area contributed by atoms with Crippen molar-refractivity contribution in [2.24, 2.45) is 0 Å². The third-order valence-corrected chi connectivity index (χ3v) is 4.16. The van der Waals surface area contributed by atoms with Crippen LogP contribution < -0.4 is 15.5 Å². The molecule has 3 rings (SSSR count). The average molecular weight is 350 g/mol. The number of aryl methyl sites for hydroxylation is 2. The van der Waals surface area contributed by atoms with Crippen LogP contribution in [0.5, 0.6) is 0 Å². The number of halogens is 1. The molecule has 2 heterocycles. The Labute approximate surface area is 145 Å². The van der Waals surface area contributed by atoms with E-state index in [0.29, 0.717) is 29.6 Å². The molecule has 0 atom stereocenters. The molecule has 2 amide bonds. The van der Waals surface area contributed by atoms with Gasteiger partial charge in [0, 0.05) is 18.1 Å². The van der Waals surface area contributed by atoms with Crippen molar-refractivity contribution in [1.29, 1.82) is 0 Å². The number of morpholine rings is 1. The van der Waals surface area contributed by atoms with Gasteiger partial charge in [-0.15, -0.1) is 0 Å². The Hall–Kier alpha value is -2.25. The highest BCUT2D eigenvalue weighted by Crippen LogP contribution is 2.30. The molecule has 0 aliphatic carbocycles. The van der Waals surface area contributed by atoms with Crippen LogP contribution in [-0.2, 0) is 4.74 Å². The van der Waals surface area contributed by atoms with Crippen LogP contribution in [0, 0.1) is 13.8 Å². The first-order valence-corrected chi connectivity index (χ1v) is 8.14. The molecule has 0 saturated carbocycles. The Balaban J connectivity index is 1.78. The maximum atomic E-state index is 12.4. The lowest BCUT2D eigenvalue weighted by Gasteiger charge is -2.30. The predicted octanol–water partition coefficient (Wildman–Crippen LogP) is 3.16. The van der Waals surface area contributed by atoms with Crippen LogP contribution in [0.3, 0.4) is 0 Å². The Bertz CT molecular complexity index is 721. The number of amides is 2. The summed E-state index contributed by atoms with van der Waals surface area (Å²) < 4.78 is 5.38. The number of carbonyl (C=O) groups excluding carboxylic acids is 1. The zero-order chi connectivity index (χ0) is 17.1. The van der Waals surface area contributed by atoms with E-state index < -0.39 is 0 Å². The van der Waals surface area contributed by atoms with E-state index in [1.165, 1.54) is 0 Å². The molecule has 128 valence electrons. The number of aromatic amines is 1. The Kier molecular flexibility index (Phi) is 4.92. The van der Waals surface area contributed by atoms with Crippen LogP contribution in [0.4, 0.5) is 21.9 Å². The van der Waals surface area contributed by atoms with Gasteiger partial charge in [-0.05, 0) is 32.0 Å². The van der Waals surface area contributed by atoms with Crippen LogP contribution in [0.25, 0.3) is 0 Å². The zero-order valence-corrected chi connectivity index (χ0v) is 14.4. The lowest BCUT2D eigenvalue weighted by atomic mass is 10.2. The fraction of sp³-hybridized carbons (Fsp3) is 0.375. The van der Waals surface area contributed by atoms with E-state index in [2.05, 4.69) is 25.7 Å². The summed E-state index contributed by atoms with van der Waals surface area (Å²) in [6, 6.07) is 5.15. The summed E-state index contributed by atoms with van der Waals surface area (Å²) in [5.74, 6) is 0. The molecule has 1 aromatic heterocycles. The molecule has 1 aliphatic rings. The molecule has 1 aliphatic heterocycles. The third kappa shape index (κ3) is 3.63. The van der Waals surface area contributed by atoms with Gasteiger partial charge in [-0.2, -0.15) is 5.10 Å². The summed E-state index contributed by atoms with van der Waals surface area (Å²) in [5, 5.41) is 13.2. The van der Waals surface area contributed by atoms with Gasteiger partial charge < -0.3 is 20.3 Å². The van der Waals surface area contributed by atoms with Crippen molar-refractivity contribution in [2.75, 3.05) is 41.8 Å². The molecule has 2 aromatic rings. The summed E-state index contributed by atoms with van der Waals surface area (Å²) in [5.41, 5.74) is 3.82. The molecule has 1 saturated heterocycles. The number of nitrogens with zero attached hydrogens (tertiary/aromatic N) is 2. The summed E-state index contributed by atoms with van der Waals surface area (Å²) in [4.78, 5) is 14.6. The summed E-state index contributed by atoms with van der Waals surface area (Å²) in [6.07, 6.45) is 0. The monoisotopic (exact) mass is 349 g/mol. The Morgan fingerprint density at radius 2 is 2.04 bits per heavy atom. The Morgan fingerprint density at radius 3 is 2.71 bits per heavy atom. The van der Waals surface area contributed by atoms with Gasteiger partial charge in [-0.25, -0.2) is 4.79 Å². The van der Waals surface area contributed by atoms with Crippen LogP contribution in [0.2, 0.25) is 5.02 Å². The number of urea groups is 1. The first-order chi connectivity index (χ1) is 11.5. The van der Waals surface area contributed by atoms with Crippen molar-refractivity contribution in [3.05, 3.63) is 34.6 Å². The first-order valence-electron chi connectivity index (χ1n) is 7.76. The lowest BCUT2D eigenvalue weighted by molar-refractivity contribution is 0.123. The number of hydrogen-bond donors (Lipinski definition) is 3. The van der Waals surface area contributed by atoms with Gasteiger partial charge in [0.05, 0.1) is 41.7 Å². The molecular formula is C16H20ClN5O2. The minimum Gasteiger partial charge on any atom is -0.378 e. The molecule has 0 spiro atoms. The Morgan fingerprint density at radius 1 is 1.29 bits per heavy atom. The molecule has 1 aromatic carbocycles. The number of rotatable bonds is 3. The van der Waals surface area contributed by atoms with Gasteiger partial charge >= 0.3 is 6.03 Å². The molecule has 0 bridgehead atoms. The molecule has 0 unspecified atom stereocenters. The predicted molar refractivity (Wildman–Crippen MR) is 95.2 cm³/mol. The maximum absolute atomic E-state index is 12.4. The number of ether oxygens (including phenoxy) is 1. The van der Waals surface area contributed by atoms with Crippen molar-refractivity contribution < 1.29 is 9.53 Å². The molecule has 3 N–H and O–H groups in total. The molecule has 8 heteroatoms. The lowest BCUT2D eigenvalue weighted by Crippen LogP contribution is -2.37. The quantitative estimate of drug-likeness (QED) is 0.795. The minimum absolute atomic E-state index is 0.334. The van der Waals surface area contributed by atoms with Crippen molar-refractivity contribution in [3.63, 3.8) is 0 Å². The van der Waals surface area contributed by atoms with Gasteiger partial charge in [-0.3, -0.25) is 5.10 Å². The van der Waals surface area contributed by atoms with Gasteiger partial charge in [0.25, 0.3) is 0 Å². The summed E-state index contributed by atoms with van der Waals surface area (Å²) in [7, 11) is 0. The van der Waals surface area contributed by atoms with Gasteiger partial charge in [0.15, 0.2) is 0 Å². The minimum atomic E-state index is -0.334. The number of anilines is 3. The third-order valence-electron chi connectivity index (χ3n) is 3.93. The van der Waals surface area contributed by atoms with E-state index in [0.717, 1.165) is 30.2 Å². The fourth-order valence-corrected chi connectivity index (χ4v) is 2.86. The van der Waals surface area contributed by atoms with Crippen molar-refractivity contribution in [3.8, 4) is 0 Å². The van der Waals surface area contributed by atoms with Gasteiger partial charge in [-0.1, -0.05) is 11.6 Å². The smallest absolute Gasteiger partial charge is 0.323 e. The molecular weight excluding hydrogens is 330 g/mol. The van der Waals surface area contributed by atoms with Crippen LogP contribution in [-0.4, -0.2) is 42.5 Å². The second-order valence-corrected chi connectivity index (χ2v) is 6.09. The number of aromatic nitrogens is 2. The number of nitrogens with one attached hydrogen (secondary N) is 3. The van der Waals surface area contributed by atoms with Crippen LogP contribution in [0.15, 0.2) is 18.2 Å². The number of H-pyrrole nitrogens is 1. The highest BCUT2D eigenvalue weighted by molar-refractivity contribution is 6.31. The van der Waals surface area contributed by atoms with E-state index in [-0.39, 0.29) is 6.03 Å². The second-order valence-electron chi connectivity index (χ2n) is 5.65. The van der Waals surface area contributed by atoms with Crippen molar-refractivity contribution in [2.45, 2.75) is 13.8 Å². The van der Waals surface area contributed by atoms with E-state index >= 15 is 0 Å². The first kappa shape index (κ1) is 16.6. The van der Waals surface area contributed by atoms with Gasteiger partial charge in [0.2, 0.25) is 0 Å². The van der Waals surface area contributed by atoms with Crippen molar-refractivity contribution >= 4 is 34.7 Å². The molecule has 7 nitrogen and oxygen atoms in total. The summed E-state index contributed by atoms with van der Waals surface area (Å²) in [6.45, 7) is 6.57. The fourth-order valence-electron chi connectivity index (χ4n) is 2.69. The van der Waals surface area contributed by atoms with Gasteiger partial charge in [0.1, 0.15) is 0 Å². The largest absolute Gasteiger partial charge is 0.378 e. The summed E-state index contributed by atoms with van der Waals surface area (Å²) >= 11 is 6.10. The normalized spacial score (nSPS) is 14.5. The standard InChI is InChI=1S/C16H20ClN5O2/c1-10-15(11(2)21-20-10)19-16(23)18-13-9-12(17)3-4-14(13)22-5-7-24-8-6-22/h3-4,9H,5-8H2,1-2H3,(H,20,21)(H2,18,19,23). The average Bonchev–Trinajstić information content (AvgIpc) is 2.88. The highest BCUT2D eigenvalue weighted by atomic mass is 35.5. The highest BCUT2D eigenvalue weighted by Gasteiger charge is 2.17. The number of hydrogen-bond acceptors (Lipinski definition) is 4. The van der Waals surface area contributed by atoms with E-state index in [1.807, 2.05) is 26.0 Å². The van der Waals surface area contributed by atoms with E-state index in [1.54, 1.807) is 6.07 Å². The number of benzene rings is 1. The second kappa shape index (κ2) is 7.11. The zero-order valence-electron chi connectivity index (χ0n) is 13.6. The van der Waals surface area contributed by atoms with Crippen LogP contribution in [0.1, 0.15) is 11.4 Å². The molecule has 0 radical (unpaired) electrons. The molecule has 1 fully saturated rings. The van der Waals surface area contributed by atoms with E-state index in [4.69, 9.17) is 16.3 Å². The molecule has 24 heavy (non-hydrogen) atoms.